The molecule has 1 fully saturated rings. The molecule has 1 aliphatic heterocycles. The van der Waals surface area contributed by atoms with E-state index < -0.39 is 0 Å². The van der Waals surface area contributed by atoms with Gasteiger partial charge in [-0.25, -0.2) is 0 Å². The molecule has 0 bridgehead atoms. The monoisotopic (exact) mass is 333 g/mol. The van der Waals surface area contributed by atoms with E-state index in [4.69, 9.17) is 11.0 Å². The minimum atomic E-state index is 0.0743. The van der Waals surface area contributed by atoms with Crippen LogP contribution in [-0.4, -0.2) is 23.9 Å². The molecule has 2 N–H and O–H groups in total. The Balaban J connectivity index is 1.71. The van der Waals surface area contributed by atoms with Gasteiger partial charge in [0.15, 0.2) is 0 Å². The second-order valence-corrected chi connectivity index (χ2v) is 6.67. The standard InChI is InChI=1S/C21H23N3O/c1-15-19(5-2-6-20(15)23)21(25)24-12-3-4-17(11-13-24)18-9-7-16(14-22)8-10-18/h2,5-10,17H,3-4,11-13,23H2,1H3. The molecule has 0 radical (unpaired) electrons. The Hall–Kier alpha value is -2.80. The number of carbonyl (C=O) groups excluding carboxylic acids is 1. The smallest absolute Gasteiger partial charge is 0.254 e. The molecule has 1 aliphatic rings. The highest BCUT2D eigenvalue weighted by Gasteiger charge is 2.23. The lowest BCUT2D eigenvalue weighted by Crippen LogP contribution is -2.32. The highest BCUT2D eigenvalue weighted by molar-refractivity contribution is 5.96. The molecular weight excluding hydrogens is 310 g/mol. The van der Waals surface area contributed by atoms with E-state index in [1.165, 1.54) is 5.56 Å². The Kier molecular flexibility index (Phi) is 5.04. The number of likely N-dealkylation sites (tertiary alicyclic amines) is 1. The average Bonchev–Trinajstić information content (AvgIpc) is 2.90. The van der Waals surface area contributed by atoms with Crippen molar-refractivity contribution in [2.24, 2.45) is 0 Å². The number of benzene rings is 2. The van der Waals surface area contributed by atoms with Crippen LogP contribution in [0.15, 0.2) is 42.5 Å². The molecule has 1 heterocycles. The molecule has 1 amide bonds. The summed E-state index contributed by atoms with van der Waals surface area (Å²) in [5, 5.41) is 8.93. The number of hydrogen-bond donors (Lipinski definition) is 1. The molecule has 0 spiro atoms. The van der Waals surface area contributed by atoms with Crippen molar-refractivity contribution in [1.29, 1.82) is 5.26 Å². The number of nitriles is 1. The van der Waals surface area contributed by atoms with Gasteiger partial charge >= 0.3 is 0 Å². The lowest BCUT2D eigenvalue weighted by molar-refractivity contribution is 0.0760. The lowest BCUT2D eigenvalue weighted by atomic mass is 9.91. The van der Waals surface area contributed by atoms with Gasteiger partial charge < -0.3 is 10.6 Å². The van der Waals surface area contributed by atoms with E-state index in [0.29, 0.717) is 22.7 Å². The molecule has 2 aromatic rings. The first-order chi connectivity index (χ1) is 12.1. The minimum absolute atomic E-state index is 0.0743. The summed E-state index contributed by atoms with van der Waals surface area (Å²) in [5.74, 6) is 0.512. The Morgan fingerprint density at radius 2 is 1.92 bits per heavy atom. The SMILES string of the molecule is Cc1c(N)cccc1C(=O)N1CCCC(c2ccc(C#N)cc2)CC1. The fourth-order valence-corrected chi connectivity index (χ4v) is 3.52. The predicted molar refractivity (Wildman–Crippen MR) is 99.2 cm³/mol. The first kappa shape index (κ1) is 17.0. The number of nitrogens with two attached hydrogens (primary N) is 1. The largest absolute Gasteiger partial charge is 0.398 e. The van der Waals surface area contributed by atoms with E-state index in [2.05, 4.69) is 6.07 Å². The topological polar surface area (TPSA) is 70.1 Å². The molecule has 4 heteroatoms. The highest BCUT2D eigenvalue weighted by atomic mass is 16.2. The Bertz CT molecular complexity index is 805. The van der Waals surface area contributed by atoms with Crippen molar-refractivity contribution in [2.75, 3.05) is 18.8 Å². The third kappa shape index (κ3) is 3.66. The van der Waals surface area contributed by atoms with Crippen molar-refractivity contribution < 1.29 is 4.79 Å². The van der Waals surface area contributed by atoms with Crippen molar-refractivity contribution in [2.45, 2.75) is 32.1 Å². The number of rotatable bonds is 2. The molecule has 1 unspecified atom stereocenters. The number of nitrogens with zero attached hydrogens (tertiary/aromatic N) is 2. The summed E-state index contributed by atoms with van der Waals surface area (Å²) in [6, 6.07) is 15.5. The second kappa shape index (κ2) is 7.40. The van der Waals surface area contributed by atoms with Crippen LogP contribution in [0.1, 0.15) is 52.2 Å². The average molecular weight is 333 g/mol. The van der Waals surface area contributed by atoms with Crippen LogP contribution >= 0.6 is 0 Å². The van der Waals surface area contributed by atoms with Gasteiger partial charge in [-0.2, -0.15) is 5.26 Å². The van der Waals surface area contributed by atoms with Crippen LogP contribution in [0.2, 0.25) is 0 Å². The van der Waals surface area contributed by atoms with E-state index in [9.17, 15) is 4.79 Å². The van der Waals surface area contributed by atoms with Gasteiger partial charge in [-0.1, -0.05) is 18.2 Å². The number of anilines is 1. The summed E-state index contributed by atoms with van der Waals surface area (Å²) in [6.45, 7) is 3.43. The number of amides is 1. The molecule has 25 heavy (non-hydrogen) atoms. The van der Waals surface area contributed by atoms with E-state index >= 15 is 0 Å². The molecule has 1 atom stereocenters. The zero-order valence-electron chi connectivity index (χ0n) is 14.5. The molecule has 2 aromatic carbocycles. The van der Waals surface area contributed by atoms with E-state index in [1.807, 2.05) is 54.3 Å². The first-order valence-electron chi connectivity index (χ1n) is 8.74. The van der Waals surface area contributed by atoms with E-state index in [1.54, 1.807) is 0 Å². The molecule has 0 aromatic heterocycles. The summed E-state index contributed by atoms with van der Waals surface area (Å²) in [4.78, 5) is 14.8. The van der Waals surface area contributed by atoms with Crippen LogP contribution in [0.5, 0.6) is 0 Å². The van der Waals surface area contributed by atoms with Crippen molar-refractivity contribution in [3.05, 3.63) is 64.7 Å². The van der Waals surface area contributed by atoms with Crippen LogP contribution in [-0.2, 0) is 0 Å². The van der Waals surface area contributed by atoms with Crippen molar-refractivity contribution in [1.82, 2.24) is 4.90 Å². The van der Waals surface area contributed by atoms with Gasteiger partial charge in [0, 0.05) is 24.3 Å². The Morgan fingerprint density at radius 3 is 2.64 bits per heavy atom. The molecule has 1 saturated heterocycles. The molecule has 4 nitrogen and oxygen atoms in total. The summed E-state index contributed by atoms with van der Waals surface area (Å²) < 4.78 is 0. The number of hydrogen-bond acceptors (Lipinski definition) is 3. The fraction of sp³-hybridized carbons (Fsp3) is 0.333. The lowest BCUT2D eigenvalue weighted by Gasteiger charge is -2.22. The third-order valence-electron chi connectivity index (χ3n) is 5.13. The van der Waals surface area contributed by atoms with Gasteiger partial charge in [0.05, 0.1) is 11.6 Å². The number of nitrogen functional groups attached to an aromatic ring is 1. The molecule has 3 rings (SSSR count). The maximum atomic E-state index is 12.9. The summed E-state index contributed by atoms with van der Waals surface area (Å²) in [5.41, 5.74) is 10.1. The zero-order chi connectivity index (χ0) is 17.8. The maximum Gasteiger partial charge on any atom is 0.254 e. The Morgan fingerprint density at radius 1 is 1.16 bits per heavy atom. The van der Waals surface area contributed by atoms with Gasteiger partial charge in [0.1, 0.15) is 0 Å². The van der Waals surface area contributed by atoms with Crippen molar-refractivity contribution in [3.63, 3.8) is 0 Å². The minimum Gasteiger partial charge on any atom is -0.398 e. The van der Waals surface area contributed by atoms with Gasteiger partial charge in [-0.05, 0) is 67.5 Å². The summed E-state index contributed by atoms with van der Waals surface area (Å²) in [7, 11) is 0. The fourth-order valence-electron chi connectivity index (χ4n) is 3.52. The first-order valence-corrected chi connectivity index (χ1v) is 8.74. The predicted octanol–water partition coefficient (Wildman–Crippen LogP) is 3.86. The third-order valence-corrected chi connectivity index (χ3v) is 5.13. The summed E-state index contributed by atoms with van der Waals surface area (Å²) in [6.07, 6.45) is 2.99. The Labute approximate surface area is 148 Å². The molecule has 0 saturated carbocycles. The normalized spacial score (nSPS) is 17.6. The van der Waals surface area contributed by atoms with Crippen LogP contribution in [0.4, 0.5) is 5.69 Å². The van der Waals surface area contributed by atoms with Gasteiger partial charge in [0.2, 0.25) is 0 Å². The highest BCUT2D eigenvalue weighted by Crippen LogP contribution is 2.29. The van der Waals surface area contributed by atoms with E-state index in [-0.39, 0.29) is 5.91 Å². The molecule has 128 valence electrons. The number of carbonyl (C=O) groups is 1. The van der Waals surface area contributed by atoms with Gasteiger partial charge in [-0.15, -0.1) is 0 Å². The van der Waals surface area contributed by atoms with Crippen LogP contribution in [0.25, 0.3) is 0 Å². The van der Waals surface area contributed by atoms with Gasteiger partial charge in [0.25, 0.3) is 5.91 Å². The van der Waals surface area contributed by atoms with Crippen molar-refractivity contribution >= 4 is 11.6 Å². The summed E-state index contributed by atoms with van der Waals surface area (Å²) >= 11 is 0. The molecule has 0 aliphatic carbocycles. The second-order valence-electron chi connectivity index (χ2n) is 6.67. The van der Waals surface area contributed by atoms with Gasteiger partial charge in [-0.3, -0.25) is 4.79 Å². The quantitative estimate of drug-likeness (QED) is 0.848. The van der Waals surface area contributed by atoms with Crippen LogP contribution in [0, 0.1) is 18.3 Å². The zero-order valence-corrected chi connectivity index (χ0v) is 14.5. The molecular formula is C21H23N3O. The maximum absolute atomic E-state index is 12.9. The van der Waals surface area contributed by atoms with E-state index in [0.717, 1.165) is 37.9 Å². The van der Waals surface area contributed by atoms with Crippen LogP contribution in [0.3, 0.4) is 0 Å². The van der Waals surface area contributed by atoms with Crippen LogP contribution < -0.4 is 5.73 Å². The van der Waals surface area contributed by atoms with Crippen molar-refractivity contribution in [3.8, 4) is 6.07 Å².